The summed E-state index contributed by atoms with van der Waals surface area (Å²) in [6.07, 6.45) is 0.985. The van der Waals surface area contributed by atoms with Crippen molar-refractivity contribution in [2.45, 2.75) is 41.4 Å². The van der Waals surface area contributed by atoms with Crippen molar-refractivity contribution in [3.8, 4) is 0 Å². The summed E-state index contributed by atoms with van der Waals surface area (Å²) in [5.74, 6) is -0.264. The van der Waals surface area contributed by atoms with E-state index in [4.69, 9.17) is 0 Å². The fourth-order valence-electron chi connectivity index (χ4n) is 4.09. The molecule has 1 saturated heterocycles. The fourth-order valence-corrected chi connectivity index (χ4v) is 6.51. The average Bonchev–Trinajstić information content (AvgIpc) is 2.79. The van der Waals surface area contributed by atoms with E-state index in [1.807, 2.05) is 37.3 Å². The van der Waals surface area contributed by atoms with E-state index in [2.05, 4.69) is 5.32 Å². The van der Waals surface area contributed by atoms with Crippen LogP contribution >= 0.6 is 11.8 Å². The molecule has 2 aromatic rings. The van der Waals surface area contributed by atoms with Crippen LogP contribution in [0, 0.1) is 5.92 Å². The molecule has 2 aliphatic heterocycles. The van der Waals surface area contributed by atoms with Crippen molar-refractivity contribution < 1.29 is 18.0 Å². The topological polar surface area (TPSA) is 86.8 Å². The number of hydrogen-bond donors (Lipinski definition) is 1. The molecule has 7 nitrogen and oxygen atoms in total. The molecule has 1 N–H and O–H groups in total. The van der Waals surface area contributed by atoms with Gasteiger partial charge in [-0.2, -0.15) is 4.31 Å². The lowest BCUT2D eigenvalue weighted by molar-refractivity contribution is -0.136. The third-order valence-corrected chi connectivity index (χ3v) is 9.03. The van der Waals surface area contributed by atoms with E-state index < -0.39 is 10.0 Å². The Hall–Kier alpha value is -2.36. The Kier molecular flexibility index (Phi) is 6.60. The number of fused-ring (bicyclic) bond motifs is 1. The number of carbonyl (C=O) groups excluding carboxylic acids is 2. The minimum absolute atomic E-state index is 0.0496. The molecular weight excluding hydrogens is 446 g/mol. The van der Waals surface area contributed by atoms with Crippen molar-refractivity contribution >= 4 is 39.3 Å². The number of rotatable bonds is 5. The smallest absolute Gasteiger partial charge is 0.243 e. The number of thioether (sulfide) groups is 1. The number of nitrogens with one attached hydrogen (secondary N) is 1. The van der Waals surface area contributed by atoms with Crippen LogP contribution in [0.1, 0.15) is 25.3 Å². The van der Waals surface area contributed by atoms with Gasteiger partial charge in [0.1, 0.15) is 0 Å². The molecule has 32 heavy (non-hydrogen) atoms. The van der Waals surface area contributed by atoms with E-state index >= 15 is 0 Å². The molecule has 1 atom stereocenters. The SMILES string of the molecule is C[C@@H]1Sc2ccc(S(=O)(=O)N3CCC(C(=O)N(C)Cc4ccccc4)CC3)cc2NC1=O. The van der Waals surface area contributed by atoms with Crippen LogP contribution in [0.15, 0.2) is 58.3 Å². The number of carbonyl (C=O) groups is 2. The van der Waals surface area contributed by atoms with Crippen molar-refractivity contribution in [3.63, 3.8) is 0 Å². The number of sulfonamides is 1. The van der Waals surface area contributed by atoms with Crippen LogP contribution in [0.4, 0.5) is 5.69 Å². The second kappa shape index (κ2) is 9.25. The lowest BCUT2D eigenvalue weighted by Crippen LogP contribution is -2.43. The highest BCUT2D eigenvalue weighted by molar-refractivity contribution is 8.01. The number of piperidine rings is 1. The molecule has 9 heteroatoms. The second-order valence-electron chi connectivity index (χ2n) is 8.27. The van der Waals surface area contributed by atoms with Gasteiger partial charge >= 0.3 is 0 Å². The Bertz CT molecular complexity index is 1110. The first-order valence-corrected chi connectivity index (χ1v) is 13.0. The quantitative estimate of drug-likeness (QED) is 0.721. The summed E-state index contributed by atoms with van der Waals surface area (Å²) in [6, 6.07) is 14.7. The van der Waals surface area contributed by atoms with Crippen LogP contribution in [0.25, 0.3) is 0 Å². The molecule has 1 fully saturated rings. The summed E-state index contributed by atoms with van der Waals surface area (Å²) in [7, 11) is -1.91. The number of amides is 2. The van der Waals surface area contributed by atoms with Gasteiger partial charge in [0.25, 0.3) is 0 Å². The van der Waals surface area contributed by atoms with Crippen molar-refractivity contribution in [1.82, 2.24) is 9.21 Å². The number of benzene rings is 2. The van der Waals surface area contributed by atoms with Gasteiger partial charge in [0.15, 0.2) is 0 Å². The van der Waals surface area contributed by atoms with E-state index in [9.17, 15) is 18.0 Å². The monoisotopic (exact) mass is 473 g/mol. The molecule has 0 radical (unpaired) electrons. The first-order chi connectivity index (χ1) is 15.3. The molecule has 170 valence electrons. The number of nitrogens with zero attached hydrogens (tertiary/aromatic N) is 2. The molecule has 2 amide bonds. The van der Waals surface area contributed by atoms with Gasteiger partial charge in [-0.3, -0.25) is 9.59 Å². The zero-order chi connectivity index (χ0) is 22.9. The van der Waals surface area contributed by atoms with Crippen molar-refractivity contribution in [2.24, 2.45) is 5.92 Å². The lowest BCUT2D eigenvalue weighted by atomic mass is 9.96. The molecule has 2 aromatic carbocycles. The highest BCUT2D eigenvalue weighted by atomic mass is 32.2. The zero-order valence-corrected chi connectivity index (χ0v) is 19.8. The summed E-state index contributed by atoms with van der Waals surface area (Å²) in [4.78, 5) is 27.6. The molecule has 0 bridgehead atoms. The van der Waals surface area contributed by atoms with Crippen molar-refractivity contribution in [3.05, 3.63) is 54.1 Å². The Morgan fingerprint density at radius 3 is 2.53 bits per heavy atom. The predicted molar refractivity (Wildman–Crippen MR) is 125 cm³/mol. The lowest BCUT2D eigenvalue weighted by Gasteiger charge is -2.33. The normalized spacial score (nSPS) is 19.8. The van der Waals surface area contributed by atoms with Gasteiger partial charge in [-0.25, -0.2) is 8.42 Å². The molecule has 2 heterocycles. The van der Waals surface area contributed by atoms with Gasteiger partial charge in [0.2, 0.25) is 21.8 Å². The maximum absolute atomic E-state index is 13.2. The van der Waals surface area contributed by atoms with Crippen molar-refractivity contribution in [2.75, 3.05) is 25.5 Å². The summed E-state index contributed by atoms with van der Waals surface area (Å²) < 4.78 is 27.8. The van der Waals surface area contributed by atoms with E-state index in [1.54, 1.807) is 24.1 Å². The highest BCUT2D eigenvalue weighted by Gasteiger charge is 2.34. The van der Waals surface area contributed by atoms with Crippen LogP contribution < -0.4 is 5.32 Å². The Morgan fingerprint density at radius 2 is 1.84 bits per heavy atom. The summed E-state index contributed by atoms with van der Waals surface area (Å²) in [5, 5.41) is 2.58. The van der Waals surface area contributed by atoms with Crippen LogP contribution in [0.2, 0.25) is 0 Å². The number of hydrogen-bond acceptors (Lipinski definition) is 5. The molecule has 0 aromatic heterocycles. The first kappa shape index (κ1) is 22.8. The van der Waals surface area contributed by atoms with Gasteiger partial charge < -0.3 is 10.2 Å². The molecule has 0 aliphatic carbocycles. The van der Waals surface area contributed by atoms with Crippen LogP contribution in [0.5, 0.6) is 0 Å². The third kappa shape index (κ3) is 4.69. The van der Waals surface area contributed by atoms with E-state index in [-0.39, 0.29) is 27.9 Å². The maximum Gasteiger partial charge on any atom is 0.243 e. The van der Waals surface area contributed by atoms with E-state index in [0.29, 0.717) is 38.2 Å². The van der Waals surface area contributed by atoms with Crippen molar-refractivity contribution in [1.29, 1.82) is 0 Å². The zero-order valence-electron chi connectivity index (χ0n) is 18.2. The summed E-state index contributed by atoms with van der Waals surface area (Å²) in [6.45, 7) is 2.95. The van der Waals surface area contributed by atoms with Crippen LogP contribution in [-0.4, -0.2) is 54.8 Å². The van der Waals surface area contributed by atoms with Gasteiger partial charge in [-0.05, 0) is 43.5 Å². The largest absolute Gasteiger partial charge is 0.341 e. The first-order valence-electron chi connectivity index (χ1n) is 10.7. The summed E-state index contributed by atoms with van der Waals surface area (Å²) >= 11 is 1.42. The Morgan fingerprint density at radius 1 is 1.16 bits per heavy atom. The second-order valence-corrected chi connectivity index (χ2v) is 11.6. The van der Waals surface area contributed by atoms with Gasteiger partial charge in [0, 0.05) is 37.5 Å². The van der Waals surface area contributed by atoms with Gasteiger partial charge in [-0.15, -0.1) is 11.8 Å². The molecular formula is C23H27N3O4S2. The van der Waals surface area contributed by atoms with Crippen LogP contribution in [0.3, 0.4) is 0 Å². The third-order valence-electron chi connectivity index (χ3n) is 5.96. The Balaban J connectivity index is 1.40. The molecule has 0 saturated carbocycles. The maximum atomic E-state index is 13.2. The molecule has 2 aliphatic rings. The molecule has 4 rings (SSSR count). The Labute approximate surface area is 193 Å². The molecule has 0 unspecified atom stereocenters. The average molecular weight is 474 g/mol. The van der Waals surface area contributed by atoms with Crippen LogP contribution in [-0.2, 0) is 26.2 Å². The van der Waals surface area contributed by atoms with Gasteiger partial charge in [-0.1, -0.05) is 30.3 Å². The van der Waals surface area contributed by atoms with E-state index in [1.165, 1.54) is 22.1 Å². The highest BCUT2D eigenvalue weighted by Crippen LogP contribution is 2.37. The predicted octanol–water partition coefficient (Wildman–Crippen LogP) is 3.18. The fraction of sp³-hybridized carbons (Fsp3) is 0.391. The number of anilines is 1. The van der Waals surface area contributed by atoms with E-state index in [0.717, 1.165) is 10.5 Å². The minimum Gasteiger partial charge on any atom is -0.341 e. The minimum atomic E-state index is -3.70. The molecule has 0 spiro atoms. The standard InChI is InChI=1S/C23H27N3O4S2/c1-16-22(27)24-20-14-19(8-9-21(20)31-16)32(29,30)26-12-10-18(11-13-26)23(28)25(2)15-17-6-4-3-5-7-17/h3-9,14,16,18H,10-13,15H2,1-2H3,(H,24,27)/t16-/m0/s1. The summed E-state index contributed by atoms with van der Waals surface area (Å²) in [5.41, 5.74) is 1.60. The van der Waals surface area contributed by atoms with Gasteiger partial charge in [0.05, 0.1) is 15.8 Å².